The highest BCUT2D eigenvalue weighted by atomic mass is 32.1. The summed E-state index contributed by atoms with van der Waals surface area (Å²) in [5, 5.41) is 0. The highest BCUT2D eigenvalue weighted by molar-refractivity contribution is 7.81. The van der Waals surface area contributed by atoms with Gasteiger partial charge in [0, 0.05) is 5.56 Å². The van der Waals surface area contributed by atoms with Crippen molar-refractivity contribution in [1.29, 1.82) is 0 Å². The van der Waals surface area contributed by atoms with E-state index in [0.29, 0.717) is 5.56 Å². The summed E-state index contributed by atoms with van der Waals surface area (Å²) in [6.07, 6.45) is 0. The molecule has 0 aliphatic heterocycles. The third kappa shape index (κ3) is 1.61. The van der Waals surface area contributed by atoms with Crippen LogP contribution < -0.4 is 0 Å². The minimum atomic E-state index is 0.0237. The molecule has 1 aromatic rings. The summed E-state index contributed by atoms with van der Waals surface area (Å²) in [5.74, 6) is 0.194. The maximum Gasteiger partial charge on any atom is 0.173 e. The van der Waals surface area contributed by atoms with E-state index in [1.165, 1.54) is 0 Å². The molecule has 0 heterocycles. The summed E-state index contributed by atoms with van der Waals surface area (Å²) in [5.41, 5.74) is 0.706. The van der Waals surface area contributed by atoms with Crippen LogP contribution in [0.15, 0.2) is 30.3 Å². The molecule has 51 valence electrons. The third-order valence-corrected chi connectivity index (χ3v) is 1.49. The Morgan fingerprint density at radius 3 is 2.40 bits per heavy atom. The Balaban J connectivity index is 2.85. The first-order valence-electron chi connectivity index (χ1n) is 3.01. The van der Waals surface area contributed by atoms with E-state index in [9.17, 15) is 4.79 Å². The summed E-state index contributed by atoms with van der Waals surface area (Å²) in [6, 6.07) is 9.08. The fraction of sp³-hybridized carbons (Fsp3) is 0.125. The van der Waals surface area contributed by atoms with Gasteiger partial charge in [0.15, 0.2) is 5.78 Å². The zero-order chi connectivity index (χ0) is 7.40. The van der Waals surface area contributed by atoms with E-state index in [4.69, 9.17) is 0 Å². The van der Waals surface area contributed by atoms with Crippen LogP contribution in [-0.4, -0.2) is 11.5 Å². The number of ketones is 1. The van der Waals surface area contributed by atoms with E-state index in [2.05, 4.69) is 12.6 Å². The van der Waals surface area contributed by atoms with Crippen LogP contribution in [0.2, 0.25) is 0 Å². The van der Waals surface area contributed by atoms with E-state index in [0.717, 1.165) is 0 Å². The molecule has 0 unspecified atom stereocenters. The summed E-state index contributed by atoms with van der Waals surface area (Å²) in [7, 11) is 0. The zero-order valence-electron chi connectivity index (χ0n) is 5.41. The van der Waals surface area contributed by atoms with E-state index in [1.54, 1.807) is 12.1 Å². The molecular weight excluding hydrogens is 144 g/mol. The molecule has 0 aromatic heterocycles. The van der Waals surface area contributed by atoms with E-state index in [-0.39, 0.29) is 11.5 Å². The van der Waals surface area contributed by atoms with Gasteiger partial charge in [0.2, 0.25) is 0 Å². The largest absolute Gasteiger partial charge is 0.293 e. The van der Waals surface area contributed by atoms with Gasteiger partial charge in [-0.3, -0.25) is 4.79 Å². The quantitative estimate of drug-likeness (QED) is 0.591. The molecule has 2 heteroatoms. The maximum atomic E-state index is 10.9. The standard InChI is InChI=1S/C8H7OS/c9-8(6-10)7-4-2-1-3-5-7/h1-5H,6H2. The fourth-order valence-electron chi connectivity index (χ4n) is 0.707. The first-order chi connectivity index (χ1) is 4.84. The van der Waals surface area contributed by atoms with E-state index < -0.39 is 0 Å². The van der Waals surface area contributed by atoms with Gasteiger partial charge in [-0.05, 0) is 0 Å². The molecule has 0 amide bonds. The lowest BCUT2D eigenvalue weighted by Gasteiger charge is -1.92. The molecule has 0 saturated heterocycles. The van der Waals surface area contributed by atoms with E-state index in [1.807, 2.05) is 18.2 Å². The second-order valence-corrected chi connectivity index (χ2v) is 2.22. The van der Waals surface area contributed by atoms with Crippen molar-refractivity contribution in [1.82, 2.24) is 0 Å². The molecule has 0 aliphatic carbocycles. The van der Waals surface area contributed by atoms with Gasteiger partial charge < -0.3 is 0 Å². The van der Waals surface area contributed by atoms with Gasteiger partial charge in [0.1, 0.15) is 0 Å². The second-order valence-electron chi connectivity index (χ2n) is 1.93. The zero-order valence-corrected chi connectivity index (χ0v) is 6.23. The number of Topliss-reactive ketones (excluding diaryl/α,β-unsaturated/α-hetero) is 1. The Morgan fingerprint density at radius 1 is 1.30 bits per heavy atom. The molecule has 0 fully saturated rings. The van der Waals surface area contributed by atoms with Crippen molar-refractivity contribution in [2.75, 3.05) is 5.75 Å². The van der Waals surface area contributed by atoms with Crippen LogP contribution in [0, 0.1) is 0 Å². The van der Waals surface area contributed by atoms with Crippen LogP contribution in [0.5, 0.6) is 0 Å². The lowest BCUT2D eigenvalue weighted by Crippen LogP contribution is -1.98. The molecule has 0 atom stereocenters. The van der Waals surface area contributed by atoms with Crippen molar-refractivity contribution >= 4 is 18.4 Å². The summed E-state index contributed by atoms with van der Waals surface area (Å²) >= 11 is 4.61. The monoisotopic (exact) mass is 151 g/mol. The molecule has 0 saturated carbocycles. The first kappa shape index (κ1) is 7.35. The Morgan fingerprint density at radius 2 is 1.90 bits per heavy atom. The lowest BCUT2D eigenvalue weighted by molar-refractivity contribution is 0.102. The number of hydrogen-bond donors (Lipinski definition) is 0. The van der Waals surface area contributed by atoms with Gasteiger partial charge in [-0.15, -0.1) is 0 Å². The SMILES string of the molecule is O=C(C[S])c1ccccc1. The van der Waals surface area contributed by atoms with Crippen molar-refractivity contribution in [3.8, 4) is 0 Å². The van der Waals surface area contributed by atoms with Crippen molar-refractivity contribution in [2.24, 2.45) is 0 Å². The highest BCUT2D eigenvalue weighted by Crippen LogP contribution is 1.99. The smallest absolute Gasteiger partial charge is 0.173 e. The molecule has 1 rings (SSSR count). The highest BCUT2D eigenvalue weighted by Gasteiger charge is 1.99. The maximum absolute atomic E-state index is 10.9. The van der Waals surface area contributed by atoms with Crippen LogP contribution in [0.25, 0.3) is 0 Å². The van der Waals surface area contributed by atoms with Gasteiger partial charge >= 0.3 is 0 Å². The van der Waals surface area contributed by atoms with Crippen molar-refractivity contribution in [2.45, 2.75) is 0 Å². The van der Waals surface area contributed by atoms with E-state index >= 15 is 0 Å². The van der Waals surface area contributed by atoms with Gasteiger partial charge in [-0.1, -0.05) is 43.0 Å². The normalized spacial score (nSPS) is 9.30. The van der Waals surface area contributed by atoms with Crippen LogP contribution in [0.4, 0.5) is 0 Å². The van der Waals surface area contributed by atoms with Crippen LogP contribution in [-0.2, 0) is 0 Å². The molecule has 0 bridgehead atoms. The summed E-state index contributed by atoms with van der Waals surface area (Å²) < 4.78 is 0. The Hall–Kier alpha value is -0.760. The van der Waals surface area contributed by atoms with Crippen LogP contribution in [0.3, 0.4) is 0 Å². The van der Waals surface area contributed by atoms with Gasteiger partial charge in [0.05, 0.1) is 5.75 Å². The molecular formula is C8H7OS. The Bertz CT molecular complexity index is 218. The average Bonchev–Trinajstić information content (AvgIpc) is 2.05. The number of carbonyl (C=O) groups excluding carboxylic acids is 1. The summed E-state index contributed by atoms with van der Waals surface area (Å²) in [4.78, 5) is 10.9. The second kappa shape index (κ2) is 3.42. The van der Waals surface area contributed by atoms with Crippen molar-refractivity contribution < 1.29 is 4.79 Å². The lowest BCUT2D eigenvalue weighted by atomic mass is 10.2. The number of hydrogen-bond acceptors (Lipinski definition) is 1. The van der Waals surface area contributed by atoms with Crippen LogP contribution >= 0.6 is 12.6 Å². The average molecular weight is 151 g/mol. The third-order valence-electron chi connectivity index (χ3n) is 1.23. The van der Waals surface area contributed by atoms with Crippen molar-refractivity contribution in [3.05, 3.63) is 35.9 Å². The molecule has 10 heavy (non-hydrogen) atoms. The van der Waals surface area contributed by atoms with Gasteiger partial charge in [-0.25, -0.2) is 0 Å². The van der Waals surface area contributed by atoms with Gasteiger partial charge in [0.25, 0.3) is 0 Å². The van der Waals surface area contributed by atoms with Crippen LogP contribution in [0.1, 0.15) is 10.4 Å². The molecule has 1 aromatic carbocycles. The number of rotatable bonds is 2. The molecule has 1 nitrogen and oxygen atoms in total. The minimum Gasteiger partial charge on any atom is -0.293 e. The predicted molar refractivity (Wildman–Crippen MR) is 43.2 cm³/mol. The molecule has 0 N–H and O–H groups in total. The first-order valence-corrected chi connectivity index (χ1v) is 3.58. The Kier molecular flexibility index (Phi) is 2.51. The number of benzene rings is 1. The molecule has 0 aliphatic rings. The molecule has 0 spiro atoms. The van der Waals surface area contributed by atoms with Crippen molar-refractivity contribution in [3.63, 3.8) is 0 Å². The number of carbonyl (C=O) groups is 1. The summed E-state index contributed by atoms with van der Waals surface area (Å²) in [6.45, 7) is 0. The molecule has 1 radical (unpaired) electrons. The minimum absolute atomic E-state index is 0.0237. The van der Waals surface area contributed by atoms with Gasteiger partial charge in [-0.2, -0.15) is 0 Å². The predicted octanol–water partition coefficient (Wildman–Crippen LogP) is 2.07. The fourth-order valence-corrected chi connectivity index (χ4v) is 0.874. The Labute approximate surface area is 65.5 Å². The topological polar surface area (TPSA) is 17.1 Å².